The van der Waals surface area contributed by atoms with Gasteiger partial charge in [0.05, 0.1) is 11.5 Å². The second-order valence-electron chi connectivity index (χ2n) is 5.54. The summed E-state index contributed by atoms with van der Waals surface area (Å²) in [5.41, 5.74) is 0. The van der Waals surface area contributed by atoms with Gasteiger partial charge in [-0.25, -0.2) is 8.42 Å². The van der Waals surface area contributed by atoms with Gasteiger partial charge in [-0.1, -0.05) is 0 Å². The van der Waals surface area contributed by atoms with Crippen LogP contribution in [0.1, 0.15) is 6.42 Å². The van der Waals surface area contributed by atoms with Gasteiger partial charge in [-0.3, -0.25) is 14.6 Å². The van der Waals surface area contributed by atoms with E-state index in [9.17, 15) is 8.42 Å². The van der Waals surface area contributed by atoms with Crippen molar-refractivity contribution in [2.45, 2.75) is 13.0 Å². The molecule has 130 valence electrons. The molecule has 2 heterocycles. The van der Waals surface area contributed by atoms with Gasteiger partial charge in [0, 0.05) is 58.7 Å². The first-order chi connectivity index (χ1) is 11.1. The molecule has 2 rings (SSSR count). The van der Waals surface area contributed by atoms with Crippen LogP contribution in [0.4, 0.5) is 0 Å². The van der Waals surface area contributed by atoms with Gasteiger partial charge in [-0.2, -0.15) is 5.10 Å². The highest BCUT2D eigenvalue weighted by atomic mass is 32.2. The van der Waals surface area contributed by atoms with Gasteiger partial charge in [0.2, 0.25) is 0 Å². The Bertz CT molecular complexity index is 570. The lowest BCUT2D eigenvalue weighted by Gasteiger charge is -2.26. The number of sulfone groups is 1. The van der Waals surface area contributed by atoms with Crippen molar-refractivity contribution in [1.82, 2.24) is 25.3 Å². The number of rotatable bonds is 7. The van der Waals surface area contributed by atoms with Crippen LogP contribution in [0.5, 0.6) is 0 Å². The van der Waals surface area contributed by atoms with Crippen LogP contribution in [0.3, 0.4) is 0 Å². The van der Waals surface area contributed by atoms with Crippen molar-refractivity contribution in [3.8, 4) is 0 Å². The average Bonchev–Trinajstić information content (AvgIpc) is 3.04. The van der Waals surface area contributed by atoms with E-state index in [0.29, 0.717) is 13.1 Å². The van der Waals surface area contributed by atoms with E-state index in [1.165, 1.54) is 0 Å². The van der Waals surface area contributed by atoms with Crippen molar-refractivity contribution in [3.05, 3.63) is 18.5 Å². The Morgan fingerprint density at radius 2 is 1.96 bits per heavy atom. The molecule has 1 aromatic rings. The van der Waals surface area contributed by atoms with Gasteiger partial charge >= 0.3 is 0 Å². The highest BCUT2D eigenvalue weighted by Crippen LogP contribution is 2.02. The number of hydrogen-bond acceptors (Lipinski definition) is 5. The molecule has 0 unspecified atom stereocenters. The third kappa shape index (κ3) is 6.57. The molecule has 1 aliphatic heterocycles. The Kier molecular flexibility index (Phi) is 6.85. The summed E-state index contributed by atoms with van der Waals surface area (Å²) in [6.07, 6.45) is 4.69. The smallest absolute Gasteiger partial charge is 0.191 e. The highest BCUT2D eigenvalue weighted by molar-refractivity contribution is 7.91. The van der Waals surface area contributed by atoms with E-state index in [4.69, 9.17) is 0 Å². The first kappa shape index (κ1) is 17.7. The van der Waals surface area contributed by atoms with Crippen LogP contribution >= 0.6 is 0 Å². The minimum Gasteiger partial charge on any atom is -0.356 e. The largest absolute Gasteiger partial charge is 0.356 e. The third-order valence-corrected chi connectivity index (χ3v) is 5.41. The first-order valence-electron chi connectivity index (χ1n) is 7.94. The minimum atomic E-state index is -2.80. The molecule has 0 radical (unpaired) electrons. The minimum absolute atomic E-state index is 0.271. The van der Waals surface area contributed by atoms with E-state index in [1.54, 1.807) is 13.2 Å². The Balaban J connectivity index is 1.56. The second kappa shape index (κ2) is 8.88. The SMILES string of the molecule is CN=C(NCCCn1cccn1)NCCN1CCS(=O)(=O)CC1. The molecule has 1 saturated heterocycles. The van der Waals surface area contributed by atoms with E-state index in [2.05, 4.69) is 25.6 Å². The number of nitrogens with zero attached hydrogens (tertiary/aromatic N) is 4. The van der Waals surface area contributed by atoms with Gasteiger partial charge in [0.25, 0.3) is 0 Å². The fraction of sp³-hybridized carbons (Fsp3) is 0.714. The Hall–Kier alpha value is -1.61. The zero-order valence-electron chi connectivity index (χ0n) is 13.6. The second-order valence-corrected chi connectivity index (χ2v) is 7.85. The molecule has 2 N–H and O–H groups in total. The van der Waals surface area contributed by atoms with Crippen molar-refractivity contribution >= 4 is 15.8 Å². The summed E-state index contributed by atoms with van der Waals surface area (Å²) in [5.74, 6) is 1.32. The summed E-state index contributed by atoms with van der Waals surface area (Å²) >= 11 is 0. The third-order valence-electron chi connectivity index (χ3n) is 3.80. The number of guanidine groups is 1. The topological polar surface area (TPSA) is 91.6 Å². The number of aliphatic imine (C=N–C) groups is 1. The Morgan fingerprint density at radius 1 is 1.22 bits per heavy atom. The fourth-order valence-corrected chi connectivity index (χ4v) is 3.68. The fourth-order valence-electron chi connectivity index (χ4n) is 2.41. The number of aryl methyl sites for hydroxylation is 1. The molecule has 1 aromatic heterocycles. The van der Waals surface area contributed by atoms with Gasteiger partial charge in [0.15, 0.2) is 15.8 Å². The summed E-state index contributed by atoms with van der Waals surface area (Å²) < 4.78 is 24.7. The van der Waals surface area contributed by atoms with E-state index in [1.807, 2.05) is 16.9 Å². The van der Waals surface area contributed by atoms with Crippen LogP contribution in [0.2, 0.25) is 0 Å². The quantitative estimate of drug-likeness (QED) is 0.382. The molecule has 0 bridgehead atoms. The monoisotopic (exact) mass is 342 g/mol. The molecule has 23 heavy (non-hydrogen) atoms. The van der Waals surface area contributed by atoms with Crippen LogP contribution in [-0.2, 0) is 16.4 Å². The van der Waals surface area contributed by atoms with Gasteiger partial charge in [-0.05, 0) is 12.5 Å². The van der Waals surface area contributed by atoms with Crippen molar-refractivity contribution in [3.63, 3.8) is 0 Å². The lowest BCUT2D eigenvalue weighted by atomic mass is 10.4. The maximum atomic E-state index is 11.4. The standard InChI is InChI=1S/C14H26N6O2S/c1-15-14(16-4-2-7-20-8-3-5-18-20)17-6-9-19-10-12-23(21,22)13-11-19/h3,5,8H,2,4,6-7,9-13H2,1H3,(H2,15,16,17). The Morgan fingerprint density at radius 3 is 2.61 bits per heavy atom. The molecule has 0 amide bonds. The van der Waals surface area contributed by atoms with Gasteiger partial charge < -0.3 is 10.6 Å². The molecule has 0 aliphatic carbocycles. The summed E-state index contributed by atoms with van der Waals surface area (Å²) in [7, 11) is -1.05. The molecule has 0 aromatic carbocycles. The lowest BCUT2D eigenvalue weighted by molar-refractivity contribution is 0.299. The molecule has 1 fully saturated rings. The summed E-state index contributed by atoms with van der Waals surface area (Å²) in [6, 6.07) is 1.92. The zero-order valence-corrected chi connectivity index (χ0v) is 14.4. The predicted octanol–water partition coefficient (Wildman–Crippen LogP) is -0.831. The van der Waals surface area contributed by atoms with E-state index in [0.717, 1.165) is 38.6 Å². The average molecular weight is 342 g/mol. The van der Waals surface area contributed by atoms with Crippen LogP contribution in [0, 0.1) is 0 Å². The zero-order chi connectivity index (χ0) is 16.5. The normalized spacial score (nSPS) is 18.7. The number of nitrogens with one attached hydrogen (secondary N) is 2. The van der Waals surface area contributed by atoms with Gasteiger partial charge in [-0.15, -0.1) is 0 Å². The molecule has 1 aliphatic rings. The molecule has 9 heteroatoms. The van der Waals surface area contributed by atoms with Crippen LogP contribution in [0.15, 0.2) is 23.5 Å². The van der Waals surface area contributed by atoms with E-state index >= 15 is 0 Å². The van der Waals surface area contributed by atoms with Crippen molar-refractivity contribution < 1.29 is 8.42 Å². The maximum Gasteiger partial charge on any atom is 0.191 e. The first-order valence-corrected chi connectivity index (χ1v) is 9.76. The van der Waals surface area contributed by atoms with Crippen LogP contribution in [0.25, 0.3) is 0 Å². The van der Waals surface area contributed by atoms with Gasteiger partial charge in [0.1, 0.15) is 0 Å². The van der Waals surface area contributed by atoms with Crippen molar-refractivity contribution in [2.24, 2.45) is 4.99 Å². The van der Waals surface area contributed by atoms with Crippen molar-refractivity contribution in [1.29, 1.82) is 0 Å². The molecule has 0 atom stereocenters. The highest BCUT2D eigenvalue weighted by Gasteiger charge is 2.20. The molecule has 8 nitrogen and oxygen atoms in total. The van der Waals surface area contributed by atoms with Crippen LogP contribution < -0.4 is 10.6 Å². The Labute approximate surface area is 137 Å². The van der Waals surface area contributed by atoms with Crippen molar-refractivity contribution in [2.75, 3.05) is 51.3 Å². The van der Waals surface area contributed by atoms with E-state index < -0.39 is 9.84 Å². The van der Waals surface area contributed by atoms with Crippen LogP contribution in [-0.4, -0.2) is 80.3 Å². The molecule has 0 spiro atoms. The number of aromatic nitrogens is 2. The lowest BCUT2D eigenvalue weighted by Crippen LogP contribution is -2.46. The summed E-state index contributed by atoms with van der Waals surface area (Å²) in [6.45, 7) is 4.52. The predicted molar refractivity (Wildman–Crippen MR) is 91.3 cm³/mol. The molecular weight excluding hydrogens is 316 g/mol. The molecule has 0 saturated carbocycles. The summed E-state index contributed by atoms with van der Waals surface area (Å²) in [4.78, 5) is 6.35. The summed E-state index contributed by atoms with van der Waals surface area (Å²) in [5, 5.41) is 10.7. The van der Waals surface area contributed by atoms with E-state index in [-0.39, 0.29) is 11.5 Å². The number of hydrogen-bond donors (Lipinski definition) is 2. The molecular formula is C14H26N6O2S. The maximum absolute atomic E-state index is 11.4.